The van der Waals surface area contributed by atoms with Crippen molar-refractivity contribution in [3.63, 3.8) is 0 Å². The van der Waals surface area contributed by atoms with E-state index in [1.54, 1.807) is 0 Å². The molecule has 0 spiro atoms. The van der Waals surface area contributed by atoms with Crippen molar-refractivity contribution < 1.29 is 0 Å². The Morgan fingerprint density at radius 1 is 0.621 bits per heavy atom. The molecule has 145 valence electrons. The summed E-state index contributed by atoms with van der Waals surface area (Å²) in [6.07, 6.45) is 6.21. The molecule has 1 atom stereocenters. The minimum atomic E-state index is -0.590. The second kappa shape index (κ2) is 8.19. The molecule has 29 heavy (non-hydrogen) atoms. The first-order chi connectivity index (χ1) is 13.8. The Morgan fingerprint density at radius 3 is 1.41 bits per heavy atom. The molecule has 0 amide bonds. The van der Waals surface area contributed by atoms with Gasteiger partial charge in [0.25, 0.3) is 0 Å². The molecular weight excluding hydrogens is 575 g/mol. The van der Waals surface area contributed by atoms with E-state index in [2.05, 4.69) is 133 Å². The van der Waals surface area contributed by atoms with Crippen LogP contribution in [0.15, 0.2) is 109 Å². The smallest absolute Gasteiger partial charge is 0.0530 e. The van der Waals surface area contributed by atoms with Gasteiger partial charge in [0.1, 0.15) is 0 Å². The van der Waals surface area contributed by atoms with Gasteiger partial charge in [0.15, 0.2) is 0 Å². The molecule has 0 aliphatic heterocycles. The lowest BCUT2D eigenvalue weighted by Crippen LogP contribution is -2.47. The molecule has 0 heterocycles. The number of rotatable bonds is 3. The summed E-state index contributed by atoms with van der Waals surface area (Å²) in [5, 5.41) is 0.701. The maximum absolute atomic E-state index is 6.62. The molecule has 1 aliphatic rings. The SMILES string of the molecule is [CH2]C1(c2ccc(Br)cc2)C=CC(Cl)=CC1(c1ccc(Br)cc1)c1ccc(Br)cc1. The van der Waals surface area contributed by atoms with Crippen LogP contribution in [0, 0.1) is 6.92 Å². The Balaban J connectivity index is 2.07. The maximum atomic E-state index is 6.62. The summed E-state index contributed by atoms with van der Waals surface area (Å²) in [5.41, 5.74) is 2.21. The van der Waals surface area contributed by atoms with Crippen LogP contribution in [0.3, 0.4) is 0 Å². The van der Waals surface area contributed by atoms with Crippen molar-refractivity contribution in [1.82, 2.24) is 0 Å². The number of benzene rings is 3. The lowest BCUT2D eigenvalue weighted by molar-refractivity contribution is 0.453. The van der Waals surface area contributed by atoms with Crippen LogP contribution in [0.25, 0.3) is 0 Å². The molecule has 0 N–H and O–H groups in total. The van der Waals surface area contributed by atoms with E-state index < -0.39 is 10.8 Å². The van der Waals surface area contributed by atoms with E-state index >= 15 is 0 Å². The molecular formula is C25H17Br3Cl. The fraction of sp³-hybridized carbons (Fsp3) is 0.0800. The molecule has 4 rings (SSSR count). The van der Waals surface area contributed by atoms with Gasteiger partial charge in [-0.15, -0.1) is 0 Å². The van der Waals surface area contributed by atoms with E-state index in [0.29, 0.717) is 5.03 Å². The van der Waals surface area contributed by atoms with Gasteiger partial charge < -0.3 is 0 Å². The van der Waals surface area contributed by atoms with Crippen LogP contribution in [-0.2, 0) is 10.8 Å². The Morgan fingerprint density at radius 2 is 1.00 bits per heavy atom. The first-order valence-electron chi connectivity index (χ1n) is 9.06. The first kappa shape index (κ1) is 21.1. The van der Waals surface area contributed by atoms with Gasteiger partial charge in [-0.25, -0.2) is 0 Å². The Bertz CT molecular complexity index is 1030. The van der Waals surface area contributed by atoms with E-state index in [1.165, 1.54) is 0 Å². The minimum absolute atomic E-state index is 0.575. The van der Waals surface area contributed by atoms with Gasteiger partial charge in [0, 0.05) is 23.9 Å². The highest BCUT2D eigenvalue weighted by molar-refractivity contribution is 9.11. The van der Waals surface area contributed by atoms with E-state index in [0.717, 1.165) is 30.1 Å². The van der Waals surface area contributed by atoms with Crippen molar-refractivity contribution in [1.29, 1.82) is 0 Å². The van der Waals surface area contributed by atoms with Gasteiger partial charge in [0.05, 0.1) is 5.41 Å². The molecule has 0 saturated heterocycles. The van der Waals surface area contributed by atoms with Gasteiger partial charge in [-0.2, -0.15) is 0 Å². The average Bonchev–Trinajstić information content (AvgIpc) is 2.71. The number of hydrogen-bond acceptors (Lipinski definition) is 0. The second-order valence-corrected chi connectivity index (χ2v) is 10.3. The monoisotopic (exact) mass is 589 g/mol. The molecule has 0 bridgehead atoms. The van der Waals surface area contributed by atoms with Crippen LogP contribution in [0.2, 0.25) is 0 Å². The number of halogens is 4. The van der Waals surface area contributed by atoms with Gasteiger partial charge in [-0.3, -0.25) is 0 Å². The van der Waals surface area contributed by atoms with E-state index in [1.807, 2.05) is 6.08 Å². The van der Waals surface area contributed by atoms with Crippen LogP contribution in [0.5, 0.6) is 0 Å². The predicted octanol–water partition coefficient (Wildman–Crippen LogP) is 8.72. The fourth-order valence-electron chi connectivity index (χ4n) is 4.08. The summed E-state index contributed by atoms with van der Waals surface area (Å²) < 4.78 is 3.11. The molecule has 3 aromatic rings. The van der Waals surface area contributed by atoms with Crippen LogP contribution in [0.1, 0.15) is 16.7 Å². The van der Waals surface area contributed by atoms with Crippen molar-refractivity contribution in [3.05, 3.63) is 133 Å². The molecule has 1 aliphatic carbocycles. The molecule has 0 aromatic heterocycles. The van der Waals surface area contributed by atoms with Crippen molar-refractivity contribution in [3.8, 4) is 0 Å². The topological polar surface area (TPSA) is 0 Å². The quantitative estimate of drug-likeness (QED) is 0.285. The van der Waals surface area contributed by atoms with Crippen molar-refractivity contribution in [2.45, 2.75) is 10.8 Å². The number of hydrogen-bond donors (Lipinski definition) is 0. The third-order valence-corrected chi connectivity index (χ3v) is 7.36. The summed E-state index contributed by atoms with van der Waals surface area (Å²) in [4.78, 5) is 0. The predicted molar refractivity (Wildman–Crippen MR) is 133 cm³/mol. The molecule has 0 saturated carbocycles. The zero-order valence-electron chi connectivity index (χ0n) is 15.4. The Hall–Kier alpha value is -1.13. The van der Waals surface area contributed by atoms with Crippen LogP contribution in [-0.4, -0.2) is 0 Å². The van der Waals surface area contributed by atoms with Gasteiger partial charge >= 0.3 is 0 Å². The third kappa shape index (κ3) is 3.72. The highest BCUT2D eigenvalue weighted by Crippen LogP contribution is 2.54. The average molecular weight is 593 g/mol. The first-order valence-corrected chi connectivity index (χ1v) is 11.8. The standard InChI is InChI=1S/C25H17Br3Cl/c1-24(17-2-8-20(26)9-3-17)15-14-23(29)16-25(24,18-4-10-21(27)11-5-18)19-6-12-22(28)13-7-19/h2-16H,1H2. The summed E-state index contributed by atoms with van der Waals surface area (Å²) in [7, 11) is 0. The van der Waals surface area contributed by atoms with Crippen LogP contribution >= 0.6 is 59.4 Å². The lowest BCUT2D eigenvalue weighted by Gasteiger charge is -2.49. The van der Waals surface area contributed by atoms with Crippen molar-refractivity contribution >= 4 is 59.4 Å². The highest BCUT2D eigenvalue weighted by atomic mass is 79.9. The summed E-state index contributed by atoms with van der Waals surface area (Å²) in [5.74, 6) is 0. The van der Waals surface area contributed by atoms with Crippen LogP contribution in [0.4, 0.5) is 0 Å². The van der Waals surface area contributed by atoms with Crippen molar-refractivity contribution in [2.75, 3.05) is 0 Å². The number of allylic oxidation sites excluding steroid dienone is 4. The summed E-state index contributed by atoms with van der Waals surface area (Å²) in [6.45, 7) is 4.79. The minimum Gasteiger partial charge on any atom is -0.0847 e. The van der Waals surface area contributed by atoms with Crippen molar-refractivity contribution in [2.24, 2.45) is 0 Å². The molecule has 1 unspecified atom stereocenters. The fourth-order valence-corrected chi connectivity index (χ4v) is 5.10. The van der Waals surface area contributed by atoms with E-state index in [4.69, 9.17) is 18.5 Å². The normalized spacial score (nSPS) is 20.4. The molecule has 0 nitrogen and oxygen atoms in total. The molecule has 0 fully saturated rings. The zero-order valence-corrected chi connectivity index (χ0v) is 20.9. The molecule has 1 radical (unpaired) electrons. The van der Waals surface area contributed by atoms with Gasteiger partial charge in [-0.1, -0.05) is 102 Å². The van der Waals surface area contributed by atoms with Gasteiger partial charge in [0.2, 0.25) is 0 Å². The highest BCUT2D eigenvalue weighted by Gasteiger charge is 2.50. The summed E-state index contributed by atoms with van der Waals surface area (Å²) >= 11 is 17.3. The largest absolute Gasteiger partial charge is 0.0847 e. The Kier molecular flexibility index (Phi) is 5.96. The Labute approximate surface area is 202 Å². The zero-order chi connectivity index (χ0) is 20.6. The van der Waals surface area contributed by atoms with E-state index in [9.17, 15) is 0 Å². The van der Waals surface area contributed by atoms with E-state index in [-0.39, 0.29) is 0 Å². The molecule has 4 heteroatoms. The second-order valence-electron chi connectivity index (χ2n) is 7.16. The van der Waals surface area contributed by atoms with Gasteiger partial charge in [-0.05, 0) is 72.2 Å². The van der Waals surface area contributed by atoms with Crippen LogP contribution < -0.4 is 0 Å². The lowest BCUT2D eigenvalue weighted by atomic mass is 9.53. The molecule has 3 aromatic carbocycles. The third-order valence-electron chi connectivity index (χ3n) is 5.54. The summed E-state index contributed by atoms with van der Waals surface area (Å²) in [6, 6.07) is 25.2. The maximum Gasteiger partial charge on any atom is 0.0530 e.